The minimum Gasteiger partial charge on any atom is -0.0870 e. The first-order valence-electron chi connectivity index (χ1n) is 8.34. The van der Waals surface area contributed by atoms with Gasteiger partial charge in [-0.1, -0.05) is 74.0 Å². The average molecular weight is 298 g/mol. The topological polar surface area (TPSA) is 0 Å². The van der Waals surface area contributed by atoms with Crippen molar-refractivity contribution in [1.29, 1.82) is 0 Å². The van der Waals surface area contributed by atoms with Gasteiger partial charge in [0.1, 0.15) is 0 Å². The molecular formula is C23H22. The van der Waals surface area contributed by atoms with E-state index in [1.807, 2.05) is 0 Å². The molecule has 0 atom stereocenters. The molecule has 0 spiro atoms. The fraction of sp³-hybridized carbons (Fsp3) is 0.217. The molecule has 0 radical (unpaired) electrons. The Balaban J connectivity index is 2.19. The third-order valence-electron chi connectivity index (χ3n) is 5.21. The first-order chi connectivity index (χ1) is 11.0. The van der Waals surface area contributed by atoms with Crippen molar-refractivity contribution in [2.24, 2.45) is 0 Å². The third-order valence-corrected chi connectivity index (χ3v) is 5.21. The van der Waals surface area contributed by atoms with Crippen LogP contribution in [0.3, 0.4) is 0 Å². The second-order valence-electron chi connectivity index (χ2n) is 7.11. The van der Waals surface area contributed by atoms with Crippen LogP contribution in [-0.2, 0) is 5.41 Å². The lowest BCUT2D eigenvalue weighted by Crippen LogP contribution is -2.15. The zero-order valence-corrected chi connectivity index (χ0v) is 14.3. The van der Waals surface area contributed by atoms with E-state index in [0.29, 0.717) is 0 Å². The second kappa shape index (κ2) is 4.83. The van der Waals surface area contributed by atoms with Crippen LogP contribution in [0, 0.1) is 6.92 Å². The maximum absolute atomic E-state index is 2.40. The molecule has 0 heterocycles. The van der Waals surface area contributed by atoms with Crippen LogP contribution in [0.2, 0.25) is 0 Å². The number of allylic oxidation sites excluding steroid dienone is 1. The highest BCUT2D eigenvalue weighted by Crippen LogP contribution is 2.52. The lowest BCUT2D eigenvalue weighted by atomic mass is 9.81. The minimum absolute atomic E-state index is 0.0526. The molecule has 3 aromatic carbocycles. The molecule has 0 amide bonds. The lowest BCUT2D eigenvalue weighted by molar-refractivity contribution is 0.660. The van der Waals surface area contributed by atoms with E-state index in [0.717, 1.165) is 0 Å². The quantitative estimate of drug-likeness (QED) is 0.482. The zero-order chi connectivity index (χ0) is 16.2. The van der Waals surface area contributed by atoms with Crippen LogP contribution in [0.1, 0.15) is 43.0 Å². The van der Waals surface area contributed by atoms with Crippen LogP contribution in [-0.4, -0.2) is 0 Å². The fourth-order valence-electron chi connectivity index (χ4n) is 4.04. The second-order valence-corrected chi connectivity index (χ2v) is 7.11. The molecular weight excluding hydrogens is 276 g/mol. The fourth-order valence-corrected chi connectivity index (χ4v) is 4.04. The molecule has 0 unspecified atom stereocenters. The van der Waals surface area contributed by atoms with Crippen molar-refractivity contribution in [2.75, 3.05) is 0 Å². The number of fused-ring (bicyclic) bond motifs is 5. The minimum atomic E-state index is 0.0526. The Morgan fingerprint density at radius 2 is 1.61 bits per heavy atom. The van der Waals surface area contributed by atoms with E-state index in [4.69, 9.17) is 0 Å². The largest absolute Gasteiger partial charge is 0.0870 e. The first-order valence-corrected chi connectivity index (χ1v) is 8.34. The summed E-state index contributed by atoms with van der Waals surface area (Å²) in [6.45, 7) is 8.98. The molecule has 0 heteroatoms. The Labute approximate surface area is 138 Å². The number of benzene rings is 3. The summed E-state index contributed by atoms with van der Waals surface area (Å²) < 4.78 is 0. The number of hydrogen-bond acceptors (Lipinski definition) is 0. The Morgan fingerprint density at radius 1 is 0.870 bits per heavy atom. The van der Waals surface area contributed by atoms with Crippen molar-refractivity contribution in [3.05, 3.63) is 76.9 Å². The van der Waals surface area contributed by atoms with Gasteiger partial charge < -0.3 is 0 Å². The van der Waals surface area contributed by atoms with Crippen LogP contribution in [0.15, 0.2) is 54.6 Å². The van der Waals surface area contributed by atoms with Crippen molar-refractivity contribution in [3.63, 3.8) is 0 Å². The summed E-state index contributed by atoms with van der Waals surface area (Å²) in [4.78, 5) is 0. The van der Waals surface area contributed by atoms with Gasteiger partial charge in [0.2, 0.25) is 0 Å². The maximum atomic E-state index is 2.40. The molecule has 0 fully saturated rings. The maximum Gasteiger partial charge on any atom is 0.0159 e. The van der Waals surface area contributed by atoms with Crippen molar-refractivity contribution < 1.29 is 0 Å². The van der Waals surface area contributed by atoms with E-state index in [2.05, 4.69) is 88.4 Å². The summed E-state index contributed by atoms with van der Waals surface area (Å²) in [6.07, 6.45) is 4.36. The van der Waals surface area contributed by atoms with Crippen LogP contribution in [0.25, 0.3) is 28.0 Å². The zero-order valence-electron chi connectivity index (χ0n) is 14.3. The highest BCUT2D eigenvalue weighted by molar-refractivity contribution is 6.05. The van der Waals surface area contributed by atoms with Gasteiger partial charge in [-0.25, -0.2) is 0 Å². The normalized spacial score (nSPS) is 15.1. The van der Waals surface area contributed by atoms with Crippen LogP contribution in [0.5, 0.6) is 0 Å². The summed E-state index contributed by atoms with van der Waals surface area (Å²) in [5.74, 6) is 0. The monoisotopic (exact) mass is 298 g/mol. The van der Waals surface area contributed by atoms with Gasteiger partial charge in [0.15, 0.2) is 0 Å². The molecule has 1 aliphatic carbocycles. The standard InChI is InChI=1S/C23H22/c1-5-8-16-14-21-22(18-10-7-6-9-17(16)18)19-12-11-15(2)13-20(19)23(21,3)4/h5-14H,1-4H3. The smallest absolute Gasteiger partial charge is 0.0159 e. The molecule has 0 bridgehead atoms. The number of hydrogen-bond donors (Lipinski definition) is 0. The van der Waals surface area contributed by atoms with E-state index in [1.165, 1.54) is 44.2 Å². The molecule has 0 aromatic heterocycles. The molecule has 0 saturated carbocycles. The lowest BCUT2D eigenvalue weighted by Gasteiger charge is -2.22. The van der Waals surface area contributed by atoms with Crippen molar-refractivity contribution >= 4 is 16.8 Å². The Morgan fingerprint density at radius 3 is 2.35 bits per heavy atom. The summed E-state index contributed by atoms with van der Waals surface area (Å²) in [6, 6.07) is 18.1. The molecule has 0 nitrogen and oxygen atoms in total. The molecule has 0 N–H and O–H groups in total. The third kappa shape index (κ3) is 1.91. The van der Waals surface area contributed by atoms with Gasteiger partial charge >= 0.3 is 0 Å². The predicted octanol–water partition coefficient (Wildman–Crippen LogP) is 6.49. The van der Waals surface area contributed by atoms with Gasteiger partial charge in [0.25, 0.3) is 0 Å². The highest BCUT2D eigenvalue weighted by atomic mass is 14.4. The van der Waals surface area contributed by atoms with Gasteiger partial charge in [-0.05, 0) is 58.5 Å². The van der Waals surface area contributed by atoms with E-state index in [-0.39, 0.29) is 5.41 Å². The molecule has 3 aromatic rings. The van der Waals surface area contributed by atoms with E-state index >= 15 is 0 Å². The van der Waals surface area contributed by atoms with Gasteiger partial charge in [0.05, 0.1) is 0 Å². The average Bonchev–Trinajstić information content (AvgIpc) is 2.76. The van der Waals surface area contributed by atoms with Gasteiger partial charge in [-0.2, -0.15) is 0 Å². The summed E-state index contributed by atoms with van der Waals surface area (Å²) in [5.41, 5.74) is 8.44. The SMILES string of the molecule is CC=Cc1cc2c(c3ccccc13)-c1ccc(C)cc1C2(C)C. The first kappa shape index (κ1) is 14.3. The Kier molecular flexibility index (Phi) is 2.99. The highest BCUT2D eigenvalue weighted by Gasteiger charge is 2.36. The van der Waals surface area contributed by atoms with E-state index in [1.54, 1.807) is 0 Å². The van der Waals surface area contributed by atoms with Crippen molar-refractivity contribution in [3.8, 4) is 11.1 Å². The molecule has 114 valence electrons. The van der Waals surface area contributed by atoms with E-state index < -0.39 is 0 Å². The molecule has 4 rings (SSSR count). The van der Waals surface area contributed by atoms with Crippen LogP contribution < -0.4 is 0 Å². The van der Waals surface area contributed by atoms with Crippen molar-refractivity contribution in [1.82, 2.24) is 0 Å². The number of rotatable bonds is 1. The Bertz CT molecular complexity index is 955. The Hall–Kier alpha value is -2.34. The molecule has 0 aliphatic heterocycles. The summed E-state index contributed by atoms with van der Waals surface area (Å²) in [7, 11) is 0. The molecule has 0 saturated heterocycles. The summed E-state index contributed by atoms with van der Waals surface area (Å²) in [5, 5.41) is 2.71. The molecule has 1 aliphatic rings. The van der Waals surface area contributed by atoms with Crippen molar-refractivity contribution in [2.45, 2.75) is 33.1 Å². The predicted molar refractivity (Wildman–Crippen MR) is 101 cm³/mol. The van der Waals surface area contributed by atoms with Crippen LogP contribution >= 0.6 is 0 Å². The number of aryl methyl sites for hydroxylation is 1. The van der Waals surface area contributed by atoms with Gasteiger partial charge in [0, 0.05) is 5.41 Å². The van der Waals surface area contributed by atoms with Crippen LogP contribution in [0.4, 0.5) is 0 Å². The summed E-state index contributed by atoms with van der Waals surface area (Å²) >= 11 is 0. The molecule has 23 heavy (non-hydrogen) atoms. The van der Waals surface area contributed by atoms with E-state index in [9.17, 15) is 0 Å². The van der Waals surface area contributed by atoms with Gasteiger partial charge in [-0.3, -0.25) is 0 Å². The van der Waals surface area contributed by atoms with Gasteiger partial charge in [-0.15, -0.1) is 0 Å².